The average molecular weight is 244 g/mol. The van der Waals surface area contributed by atoms with Gasteiger partial charge in [-0.15, -0.1) is 5.10 Å². The lowest BCUT2D eigenvalue weighted by Crippen LogP contribution is -1.94. The van der Waals surface area contributed by atoms with Crippen LogP contribution in [-0.4, -0.2) is 15.2 Å². The molecular weight excluding hydrogens is 237 g/mol. The minimum atomic E-state index is 0.223. The summed E-state index contributed by atoms with van der Waals surface area (Å²) in [6.07, 6.45) is 0. The van der Waals surface area contributed by atoms with Gasteiger partial charge in [0.25, 0.3) is 0 Å². The van der Waals surface area contributed by atoms with Gasteiger partial charge in [0, 0.05) is 0 Å². The fourth-order valence-corrected chi connectivity index (χ4v) is 1.55. The van der Waals surface area contributed by atoms with Gasteiger partial charge < -0.3 is 11.1 Å². The standard InChI is InChI=1S/C8H7Cl2N5/c9-4-2-1-3-5(10)6(4)12-8-13-7(11)14-15-8/h1-3H,(H4,11,12,13,14,15). The van der Waals surface area contributed by atoms with Crippen LogP contribution in [0.25, 0.3) is 0 Å². The largest absolute Gasteiger partial charge is 0.368 e. The van der Waals surface area contributed by atoms with E-state index in [0.29, 0.717) is 21.7 Å². The van der Waals surface area contributed by atoms with E-state index in [1.54, 1.807) is 18.2 Å². The Labute approximate surface area is 95.6 Å². The normalized spacial score (nSPS) is 10.3. The van der Waals surface area contributed by atoms with Crippen molar-refractivity contribution in [3.8, 4) is 0 Å². The van der Waals surface area contributed by atoms with E-state index in [-0.39, 0.29) is 5.95 Å². The van der Waals surface area contributed by atoms with Crippen LogP contribution in [0.15, 0.2) is 18.2 Å². The minimum absolute atomic E-state index is 0.223. The van der Waals surface area contributed by atoms with E-state index in [4.69, 9.17) is 28.9 Å². The maximum Gasteiger partial charge on any atom is 0.248 e. The number of hydrogen-bond donors (Lipinski definition) is 3. The van der Waals surface area contributed by atoms with Crippen molar-refractivity contribution in [1.29, 1.82) is 0 Å². The van der Waals surface area contributed by atoms with Gasteiger partial charge in [-0.05, 0) is 12.1 Å². The summed E-state index contributed by atoms with van der Waals surface area (Å²) in [5, 5.41) is 10.1. The predicted molar refractivity (Wildman–Crippen MR) is 60.5 cm³/mol. The summed E-state index contributed by atoms with van der Waals surface area (Å²) in [7, 11) is 0. The number of rotatable bonds is 2. The van der Waals surface area contributed by atoms with Gasteiger partial charge in [0.05, 0.1) is 15.7 Å². The van der Waals surface area contributed by atoms with Gasteiger partial charge in [0.15, 0.2) is 0 Å². The summed E-state index contributed by atoms with van der Waals surface area (Å²) in [6.45, 7) is 0. The van der Waals surface area contributed by atoms with Crippen LogP contribution in [-0.2, 0) is 0 Å². The molecule has 2 aromatic rings. The van der Waals surface area contributed by atoms with E-state index >= 15 is 0 Å². The van der Waals surface area contributed by atoms with Crippen molar-refractivity contribution >= 4 is 40.8 Å². The van der Waals surface area contributed by atoms with Crippen LogP contribution >= 0.6 is 23.2 Å². The molecule has 5 nitrogen and oxygen atoms in total. The number of H-pyrrole nitrogens is 1. The number of para-hydroxylation sites is 1. The zero-order chi connectivity index (χ0) is 10.8. The molecule has 1 aromatic heterocycles. The summed E-state index contributed by atoms with van der Waals surface area (Å²) in [6, 6.07) is 5.18. The van der Waals surface area contributed by atoms with Crippen molar-refractivity contribution < 1.29 is 0 Å². The first-order valence-corrected chi connectivity index (χ1v) is 4.81. The molecule has 0 bridgehead atoms. The third kappa shape index (κ3) is 2.14. The van der Waals surface area contributed by atoms with Crippen LogP contribution < -0.4 is 11.1 Å². The van der Waals surface area contributed by atoms with E-state index in [1.807, 2.05) is 0 Å². The van der Waals surface area contributed by atoms with Crippen molar-refractivity contribution in [2.75, 3.05) is 11.1 Å². The summed E-state index contributed by atoms with van der Waals surface area (Å²) in [5.74, 6) is 0.545. The SMILES string of the molecule is Nc1nc(Nc2c(Cl)cccc2Cl)n[nH]1. The Morgan fingerprint density at radius 3 is 2.47 bits per heavy atom. The predicted octanol–water partition coefficient (Wildman–Crippen LogP) is 2.44. The molecule has 78 valence electrons. The highest BCUT2D eigenvalue weighted by Crippen LogP contribution is 2.31. The Kier molecular flexibility index (Phi) is 2.66. The van der Waals surface area contributed by atoms with E-state index < -0.39 is 0 Å². The highest BCUT2D eigenvalue weighted by molar-refractivity contribution is 6.39. The lowest BCUT2D eigenvalue weighted by Gasteiger charge is -2.05. The van der Waals surface area contributed by atoms with Crippen molar-refractivity contribution in [3.63, 3.8) is 0 Å². The number of nitrogens with zero attached hydrogens (tertiary/aromatic N) is 2. The Bertz CT molecular complexity index is 461. The number of hydrogen-bond acceptors (Lipinski definition) is 4. The average Bonchev–Trinajstić information content (AvgIpc) is 2.58. The molecule has 0 unspecified atom stereocenters. The second-order valence-corrected chi connectivity index (χ2v) is 3.58. The molecule has 0 saturated heterocycles. The van der Waals surface area contributed by atoms with Gasteiger partial charge in [-0.2, -0.15) is 4.98 Å². The summed E-state index contributed by atoms with van der Waals surface area (Å²) in [4.78, 5) is 3.87. The summed E-state index contributed by atoms with van der Waals surface area (Å²) >= 11 is 11.9. The second-order valence-electron chi connectivity index (χ2n) is 2.77. The number of nitrogen functional groups attached to an aromatic ring is 1. The number of aromatic nitrogens is 3. The monoisotopic (exact) mass is 243 g/mol. The molecule has 0 spiro atoms. The topological polar surface area (TPSA) is 79.6 Å². The quantitative estimate of drug-likeness (QED) is 0.757. The third-order valence-electron chi connectivity index (χ3n) is 1.70. The first-order valence-electron chi connectivity index (χ1n) is 4.06. The molecule has 0 fully saturated rings. The fourth-order valence-electron chi connectivity index (χ4n) is 1.06. The molecular formula is C8H7Cl2N5. The van der Waals surface area contributed by atoms with E-state index in [0.717, 1.165) is 0 Å². The van der Waals surface area contributed by atoms with Gasteiger partial charge in [0.1, 0.15) is 0 Å². The number of nitrogens with one attached hydrogen (secondary N) is 2. The lowest BCUT2D eigenvalue weighted by atomic mass is 10.3. The molecule has 15 heavy (non-hydrogen) atoms. The molecule has 0 atom stereocenters. The highest BCUT2D eigenvalue weighted by atomic mass is 35.5. The number of halogens is 2. The van der Waals surface area contributed by atoms with Gasteiger partial charge in [-0.3, -0.25) is 0 Å². The van der Waals surface area contributed by atoms with Crippen LogP contribution in [0.5, 0.6) is 0 Å². The Hall–Kier alpha value is -1.46. The van der Waals surface area contributed by atoms with E-state index in [1.165, 1.54) is 0 Å². The van der Waals surface area contributed by atoms with Crippen molar-refractivity contribution in [2.45, 2.75) is 0 Å². The van der Waals surface area contributed by atoms with Crippen molar-refractivity contribution in [1.82, 2.24) is 15.2 Å². The number of nitrogens with two attached hydrogens (primary N) is 1. The van der Waals surface area contributed by atoms with Crippen LogP contribution in [0.1, 0.15) is 0 Å². The molecule has 7 heteroatoms. The van der Waals surface area contributed by atoms with Gasteiger partial charge in [-0.1, -0.05) is 29.3 Å². The van der Waals surface area contributed by atoms with E-state index in [9.17, 15) is 0 Å². The second kappa shape index (κ2) is 3.96. The molecule has 0 aliphatic heterocycles. The Morgan fingerprint density at radius 1 is 1.27 bits per heavy atom. The molecule has 4 N–H and O–H groups in total. The molecule has 1 aromatic carbocycles. The maximum absolute atomic E-state index is 5.94. The molecule has 0 radical (unpaired) electrons. The van der Waals surface area contributed by atoms with Crippen LogP contribution in [0.2, 0.25) is 10.0 Å². The molecule has 0 aliphatic rings. The molecule has 0 saturated carbocycles. The number of aromatic amines is 1. The smallest absolute Gasteiger partial charge is 0.248 e. The fraction of sp³-hybridized carbons (Fsp3) is 0. The first kappa shape index (κ1) is 10.1. The van der Waals surface area contributed by atoms with Crippen molar-refractivity contribution in [3.05, 3.63) is 28.2 Å². The summed E-state index contributed by atoms with van der Waals surface area (Å²) in [5.41, 5.74) is 5.93. The van der Waals surface area contributed by atoms with Crippen molar-refractivity contribution in [2.24, 2.45) is 0 Å². The van der Waals surface area contributed by atoms with Gasteiger partial charge in [-0.25, -0.2) is 5.10 Å². The third-order valence-corrected chi connectivity index (χ3v) is 2.33. The number of anilines is 3. The highest BCUT2D eigenvalue weighted by Gasteiger charge is 2.07. The lowest BCUT2D eigenvalue weighted by molar-refractivity contribution is 1.10. The van der Waals surface area contributed by atoms with Crippen LogP contribution in [0.3, 0.4) is 0 Å². The zero-order valence-corrected chi connectivity index (χ0v) is 8.97. The van der Waals surface area contributed by atoms with Gasteiger partial charge in [0.2, 0.25) is 11.9 Å². The van der Waals surface area contributed by atoms with Crippen LogP contribution in [0, 0.1) is 0 Å². The first-order chi connectivity index (χ1) is 7.16. The maximum atomic E-state index is 5.94. The molecule has 0 aliphatic carbocycles. The zero-order valence-electron chi connectivity index (χ0n) is 7.46. The molecule has 2 rings (SSSR count). The van der Waals surface area contributed by atoms with Gasteiger partial charge >= 0.3 is 0 Å². The summed E-state index contributed by atoms with van der Waals surface area (Å²) < 4.78 is 0. The van der Waals surface area contributed by atoms with E-state index in [2.05, 4.69) is 20.5 Å². The molecule has 1 heterocycles. The van der Waals surface area contributed by atoms with Crippen LogP contribution in [0.4, 0.5) is 17.6 Å². The Morgan fingerprint density at radius 2 is 1.93 bits per heavy atom. The minimum Gasteiger partial charge on any atom is -0.368 e. The Balaban J connectivity index is 2.31. The number of benzene rings is 1. The molecule has 0 amide bonds.